The van der Waals surface area contributed by atoms with E-state index in [4.69, 9.17) is 0 Å². The van der Waals surface area contributed by atoms with Crippen molar-refractivity contribution >= 4 is 10.8 Å². The van der Waals surface area contributed by atoms with Crippen molar-refractivity contribution in [2.45, 2.75) is 39.0 Å². The molecule has 0 aliphatic heterocycles. The number of hydrogen-bond donors (Lipinski definition) is 0. The summed E-state index contributed by atoms with van der Waals surface area (Å²) in [4.78, 5) is 4.31. The molecule has 0 radical (unpaired) electrons. The zero-order chi connectivity index (χ0) is 14.5. The summed E-state index contributed by atoms with van der Waals surface area (Å²) in [5, 5.41) is 0. The molecule has 0 N–H and O–H groups in total. The van der Waals surface area contributed by atoms with Crippen molar-refractivity contribution in [1.82, 2.24) is 9.55 Å². The van der Waals surface area contributed by atoms with Crippen molar-refractivity contribution < 1.29 is 4.21 Å². The van der Waals surface area contributed by atoms with Crippen LogP contribution in [0.2, 0.25) is 0 Å². The van der Waals surface area contributed by atoms with Crippen molar-refractivity contribution in [1.29, 1.82) is 0 Å². The fraction of sp³-hybridized carbons (Fsp3) is 0.438. The highest BCUT2D eigenvalue weighted by molar-refractivity contribution is 7.84. The van der Waals surface area contributed by atoms with Gasteiger partial charge in [-0.05, 0) is 32.8 Å². The average Bonchev–Trinajstić information content (AvgIpc) is 2.86. The van der Waals surface area contributed by atoms with Gasteiger partial charge in [-0.25, -0.2) is 4.98 Å². The van der Waals surface area contributed by atoms with E-state index in [1.807, 2.05) is 6.20 Å². The second-order valence-corrected chi connectivity index (χ2v) is 6.94. The minimum atomic E-state index is -0.865. The summed E-state index contributed by atoms with van der Waals surface area (Å²) in [6, 6.07) is 8.79. The first-order chi connectivity index (χ1) is 9.56. The molecule has 0 saturated carbocycles. The highest BCUT2D eigenvalue weighted by Crippen LogP contribution is 2.11. The smallest absolute Gasteiger partial charge is 0.121 e. The highest BCUT2D eigenvalue weighted by atomic mass is 32.2. The summed E-state index contributed by atoms with van der Waals surface area (Å²) in [5.41, 5.74) is 2.50. The van der Waals surface area contributed by atoms with Gasteiger partial charge in [0.1, 0.15) is 5.82 Å². The normalized spacial score (nSPS) is 12.8. The van der Waals surface area contributed by atoms with Gasteiger partial charge in [0.2, 0.25) is 0 Å². The van der Waals surface area contributed by atoms with E-state index in [0.717, 1.165) is 12.2 Å². The second-order valence-electron chi connectivity index (χ2n) is 5.37. The molecule has 0 aliphatic carbocycles. The molecule has 20 heavy (non-hydrogen) atoms. The van der Waals surface area contributed by atoms with Gasteiger partial charge in [-0.2, -0.15) is 0 Å². The van der Waals surface area contributed by atoms with Gasteiger partial charge in [0.25, 0.3) is 0 Å². The van der Waals surface area contributed by atoms with Crippen molar-refractivity contribution in [3.63, 3.8) is 0 Å². The quantitative estimate of drug-likeness (QED) is 0.818. The van der Waals surface area contributed by atoms with Gasteiger partial charge >= 0.3 is 0 Å². The largest absolute Gasteiger partial charge is 0.332 e. The van der Waals surface area contributed by atoms with Crippen LogP contribution in [-0.2, 0) is 23.0 Å². The Morgan fingerprint density at radius 3 is 2.60 bits per heavy atom. The third kappa shape index (κ3) is 4.04. The fourth-order valence-corrected chi connectivity index (χ4v) is 3.25. The minimum Gasteiger partial charge on any atom is -0.332 e. The lowest BCUT2D eigenvalue weighted by Crippen LogP contribution is -2.11. The predicted octanol–water partition coefficient (Wildman–Crippen LogP) is 3.26. The van der Waals surface area contributed by atoms with Gasteiger partial charge in [-0.3, -0.25) is 4.21 Å². The predicted molar refractivity (Wildman–Crippen MR) is 84.2 cm³/mol. The van der Waals surface area contributed by atoms with E-state index < -0.39 is 10.8 Å². The van der Waals surface area contributed by atoms with Crippen molar-refractivity contribution in [3.8, 4) is 0 Å². The Morgan fingerprint density at radius 1 is 1.25 bits per heavy atom. The molecule has 0 amide bonds. The van der Waals surface area contributed by atoms with Gasteiger partial charge in [0.05, 0.1) is 5.75 Å². The molecule has 0 saturated heterocycles. The maximum atomic E-state index is 12.2. The average molecular weight is 290 g/mol. The van der Waals surface area contributed by atoms with Crippen LogP contribution in [0.4, 0.5) is 0 Å². The minimum absolute atomic E-state index is 0.363. The second kappa shape index (κ2) is 6.84. The van der Waals surface area contributed by atoms with E-state index in [9.17, 15) is 4.21 Å². The number of benzene rings is 1. The molecule has 1 aromatic carbocycles. The lowest BCUT2D eigenvalue weighted by Gasteiger charge is -2.11. The van der Waals surface area contributed by atoms with Crippen LogP contribution in [0, 0.1) is 6.92 Å². The molecule has 1 unspecified atom stereocenters. The van der Waals surface area contributed by atoms with Crippen LogP contribution in [0.15, 0.2) is 36.7 Å². The Kier molecular flexibility index (Phi) is 5.12. The van der Waals surface area contributed by atoms with Gasteiger partial charge in [0.15, 0.2) is 0 Å². The number of imidazole rings is 1. The molecule has 0 aliphatic rings. The maximum absolute atomic E-state index is 12.2. The first-order valence-corrected chi connectivity index (χ1v) is 8.47. The zero-order valence-corrected chi connectivity index (χ0v) is 13.2. The molecular weight excluding hydrogens is 268 g/mol. The van der Waals surface area contributed by atoms with Crippen molar-refractivity contribution in [3.05, 3.63) is 53.6 Å². The third-order valence-corrected chi connectivity index (χ3v) is 4.57. The molecule has 2 aromatic rings. The maximum Gasteiger partial charge on any atom is 0.121 e. The number of aromatic nitrogens is 2. The molecule has 2 rings (SSSR count). The van der Waals surface area contributed by atoms with Crippen LogP contribution in [0.1, 0.15) is 36.8 Å². The monoisotopic (exact) mass is 290 g/mol. The van der Waals surface area contributed by atoms with E-state index >= 15 is 0 Å². The van der Waals surface area contributed by atoms with Gasteiger partial charge < -0.3 is 4.57 Å². The third-order valence-electron chi connectivity index (χ3n) is 3.33. The van der Waals surface area contributed by atoms with E-state index in [0.29, 0.717) is 17.5 Å². The topological polar surface area (TPSA) is 34.9 Å². The number of nitrogens with zero attached hydrogens (tertiary/aromatic N) is 2. The van der Waals surface area contributed by atoms with E-state index in [1.165, 1.54) is 11.1 Å². The lowest BCUT2D eigenvalue weighted by atomic mass is 10.1. The summed E-state index contributed by atoms with van der Waals surface area (Å²) < 4.78 is 14.3. The number of rotatable bonds is 6. The molecule has 3 nitrogen and oxygen atoms in total. The van der Waals surface area contributed by atoms with Crippen LogP contribution >= 0.6 is 0 Å². The lowest BCUT2D eigenvalue weighted by molar-refractivity contribution is 0.578. The van der Waals surface area contributed by atoms with Gasteiger partial charge in [-0.15, -0.1) is 0 Å². The van der Waals surface area contributed by atoms with E-state index in [1.54, 1.807) is 6.20 Å². The summed E-state index contributed by atoms with van der Waals surface area (Å²) in [6.07, 6.45) is 4.60. The Hall–Kier alpha value is -1.42. The van der Waals surface area contributed by atoms with Crippen LogP contribution in [-0.4, -0.2) is 19.5 Å². The molecule has 1 aromatic heterocycles. The molecular formula is C16H22N2OS. The Bertz CT molecular complexity index is 572. The zero-order valence-electron chi connectivity index (χ0n) is 12.4. The Labute approximate surface area is 123 Å². The molecule has 0 fully saturated rings. The summed E-state index contributed by atoms with van der Waals surface area (Å²) >= 11 is 0. The first kappa shape index (κ1) is 15.0. The van der Waals surface area contributed by atoms with Crippen LogP contribution < -0.4 is 0 Å². The van der Waals surface area contributed by atoms with Crippen LogP contribution in [0.5, 0.6) is 0 Å². The molecule has 0 bridgehead atoms. The molecule has 4 heteroatoms. The van der Waals surface area contributed by atoms with Crippen molar-refractivity contribution in [2.24, 2.45) is 0 Å². The molecule has 1 atom stereocenters. The first-order valence-electron chi connectivity index (χ1n) is 6.98. The Balaban J connectivity index is 1.89. The van der Waals surface area contributed by atoms with Gasteiger partial charge in [0, 0.05) is 35.0 Å². The fourth-order valence-electron chi connectivity index (χ4n) is 2.13. The standard InChI is InChI=1S/C16H22N2OS/c1-13(2)18-10-9-17-16(18)12-20(19)11-8-15-6-4-14(3)5-7-15/h4-7,9-10,13H,8,11-12H2,1-3H3. The molecule has 1 heterocycles. The van der Waals surface area contributed by atoms with E-state index in [2.05, 4.69) is 54.6 Å². The highest BCUT2D eigenvalue weighted by Gasteiger charge is 2.10. The summed E-state index contributed by atoms with van der Waals surface area (Å²) in [6.45, 7) is 6.30. The van der Waals surface area contributed by atoms with Gasteiger partial charge in [-0.1, -0.05) is 29.8 Å². The molecule has 0 spiro atoms. The summed E-state index contributed by atoms with van der Waals surface area (Å²) in [5.74, 6) is 2.15. The Morgan fingerprint density at radius 2 is 1.95 bits per heavy atom. The summed E-state index contributed by atoms with van der Waals surface area (Å²) in [7, 11) is -0.865. The van der Waals surface area contributed by atoms with E-state index in [-0.39, 0.29) is 0 Å². The van der Waals surface area contributed by atoms with Crippen LogP contribution in [0.3, 0.4) is 0 Å². The van der Waals surface area contributed by atoms with Crippen LogP contribution in [0.25, 0.3) is 0 Å². The number of hydrogen-bond acceptors (Lipinski definition) is 2. The molecule has 108 valence electrons. The van der Waals surface area contributed by atoms with Crippen molar-refractivity contribution in [2.75, 3.05) is 5.75 Å². The number of aryl methyl sites for hydroxylation is 2. The SMILES string of the molecule is Cc1ccc(CCS(=O)Cc2nccn2C(C)C)cc1.